The van der Waals surface area contributed by atoms with E-state index in [1.54, 1.807) is 17.0 Å². The van der Waals surface area contributed by atoms with Gasteiger partial charge in [-0.05, 0) is 50.6 Å². The van der Waals surface area contributed by atoms with Crippen molar-refractivity contribution in [3.8, 4) is 0 Å². The van der Waals surface area contributed by atoms with Crippen LogP contribution in [0.1, 0.15) is 47.2 Å². The largest absolute Gasteiger partial charge is 0.347 e. The van der Waals surface area contributed by atoms with Crippen molar-refractivity contribution in [2.45, 2.75) is 32.9 Å². The van der Waals surface area contributed by atoms with Gasteiger partial charge in [-0.1, -0.05) is 30.3 Å². The maximum absolute atomic E-state index is 12.9. The molecule has 10 heteroatoms. The molecule has 4 amide bonds. The Balaban J connectivity index is 1.26. The van der Waals surface area contributed by atoms with Crippen molar-refractivity contribution in [1.82, 2.24) is 25.1 Å². The van der Waals surface area contributed by atoms with E-state index in [1.807, 2.05) is 63.2 Å². The second kappa shape index (κ2) is 11.8. The molecule has 1 aromatic heterocycles. The third kappa shape index (κ3) is 7.59. The summed E-state index contributed by atoms with van der Waals surface area (Å²) in [5.41, 5.74) is 2.28. The van der Waals surface area contributed by atoms with E-state index in [2.05, 4.69) is 30.8 Å². The highest BCUT2D eigenvalue weighted by Gasteiger charge is 2.24. The number of aromatic nitrogens is 2. The van der Waals surface area contributed by atoms with Gasteiger partial charge in [0.2, 0.25) is 0 Å². The summed E-state index contributed by atoms with van der Waals surface area (Å²) in [6, 6.07) is 16.3. The fourth-order valence-corrected chi connectivity index (χ4v) is 4.06. The van der Waals surface area contributed by atoms with Gasteiger partial charge in [0.05, 0.1) is 12.4 Å². The molecule has 0 unspecified atom stereocenters. The number of nitrogens with zero attached hydrogens (tertiary/aromatic N) is 4. The Hall–Kier alpha value is -4.31. The van der Waals surface area contributed by atoms with Gasteiger partial charge in [-0.15, -0.1) is 0 Å². The van der Waals surface area contributed by atoms with Gasteiger partial charge in [0, 0.05) is 49.5 Å². The smallest absolute Gasteiger partial charge is 0.324 e. The third-order valence-corrected chi connectivity index (χ3v) is 5.89. The number of anilines is 2. The lowest BCUT2D eigenvalue weighted by Crippen LogP contribution is -2.48. The number of carbonyl (C=O) groups excluding carboxylic acids is 3. The van der Waals surface area contributed by atoms with Crippen LogP contribution in [0.4, 0.5) is 16.3 Å². The Morgan fingerprint density at radius 2 is 1.61 bits per heavy atom. The molecule has 38 heavy (non-hydrogen) atoms. The van der Waals surface area contributed by atoms with Gasteiger partial charge in [-0.25, -0.2) is 14.8 Å². The van der Waals surface area contributed by atoms with Crippen LogP contribution >= 0.6 is 0 Å². The zero-order valence-electron chi connectivity index (χ0n) is 21.9. The number of urea groups is 1. The molecule has 0 atom stereocenters. The molecule has 198 valence electrons. The zero-order valence-corrected chi connectivity index (χ0v) is 21.9. The number of hydrogen-bond acceptors (Lipinski definition) is 6. The van der Waals surface area contributed by atoms with Crippen molar-refractivity contribution in [2.75, 3.05) is 36.8 Å². The summed E-state index contributed by atoms with van der Waals surface area (Å²) < 4.78 is 0. The predicted molar refractivity (Wildman–Crippen MR) is 146 cm³/mol. The summed E-state index contributed by atoms with van der Waals surface area (Å²) in [7, 11) is 0. The Morgan fingerprint density at radius 3 is 2.26 bits per heavy atom. The number of para-hydroxylation sites is 1. The molecule has 1 aliphatic rings. The Bertz CT molecular complexity index is 1270. The molecule has 1 fully saturated rings. The molecule has 0 bridgehead atoms. The van der Waals surface area contributed by atoms with E-state index in [-0.39, 0.29) is 28.9 Å². The van der Waals surface area contributed by atoms with Gasteiger partial charge in [0.15, 0.2) is 5.82 Å². The summed E-state index contributed by atoms with van der Waals surface area (Å²) in [6.45, 7) is 9.10. The van der Waals surface area contributed by atoms with Crippen molar-refractivity contribution in [2.24, 2.45) is 0 Å². The zero-order chi connectivity index (χ0) is 27.1. The van der Waals surface area contributed by atoms with Crippen LogP contribution in [0.5, 0.6) is 0 Å². The van der Waals surface area contributed by atoms with Gasteiger partial charge in [-0.3, -0.25) is 19.8 Å². The SMILES string of the molecule is CC(C)(C)NC(=O)c1cccc(CN2CCN(C(=O)c3cnc(NC(=O)Nc4ccccc4)cn3)CC2)c1. The highest BCUT2D eigenvalue weighted by Crippen LogP contribution is 2.14. The fraction of sp³-hybridized carbons (Fsp3) is 0.321. The first-order valence-corrected chi connectivity index (χ1v) is 12.5. The molecular formula is C28H33N7O3. The van der Waals surface area contributed by atoms with Gasteiger partial charge < -0.3 is 15.5 Å². The number of carbonyl (C=O) groups is 3. The van der Waals surface area contributed by atoms with E-state index in [1.165, 1.54) is 12.4 Å². The Morgan fingerprint density at radius 1 is 0.868 bits per heavy atom. The lowest BCUT2D eigenvalue weighted by atomic mass is 10.1. The summed E-state index contributed by atoms with van der Waals surface area (Å²) in [5, 5.41) is 8.30. The van der Waals surface area contributed by atoms with Crippen molar-refractivity contribution in [3.05, 3.63) is 83.8 Å². The number of amides is 4. The molecule has 2 heterocycles. The molecule has 1 saturated heterocycles. The van der Waals surface area contributed by atoms with Crippen LogP contribution in [0.15, 0.2) is 67.0 Å². The number of hydrogen-bond donors (Lipinski definition) is 3. The second-order valence-electron chi connectivity index (χ2n) is 10.2. The number of rotatable bonds is 6. The van der Waals surface area contributed by atoms with Crippen LogP contribution in [0.3, 0.4) is 0 Å². The molecule has 10 nitrogen and oxygen atoms in total. The number of nitrogens with one attached hydrogen (secondary N) is 3. The summed E-state index contributed by atoms with van der Waals surface area (Å²) in [5.74, 6) is -0.0367. The molecule has 3 N–H and O–H groups in total. The average Bonchev–Trinajstić information content (AvgIpc) is 2.89. The van der Waals surface area contributed by atoms with E-state index >= 15 is 0 Å². The molecule has 0 radical (unpaired) electrons. The van der Waals surface area contributed by atoms with Crippen LogP contribution in [0.25, 0.3) is 0 Å². The van der Waals surface area contributed by atoms with Crippen LogP contribution < -0.4 is 16.0 Å². The second-order valence-corrected chi connectivity index (χ2v) is 10.2. The normalized spacial score (nSPS) is 14.0. The van der Waals surface area contributed by atoms with Crippen LogP contribution in [-0.4, -0.2) is 69.3 Å². The molecule has 2 aromatic carbocycles. The Labute approximate surface area is 222 Å². The van der Waals surface area contributed by atoms with E-state index in [9.17, 15) is 14.4 Å². The first-order valence-electron chi connectivity index (χ1n) is 12.5. The first kappa shape index (κ1) is 26.7. The van der Waals surface area contributed by atoms with E-state index in [0.717, 1.165) is 5.56 Å². The van der Waals surface area contributed by atoms with Crippen LogP contribution in [0.2, 0.25) is 0 Å². The minimum Gasteiger partial charge on any atom is -0.347 e. The first-order chi connectivity index (χ1) is 18.2. The minimum atomic E-state index is -0.443. The third-order valence-electron chi connectivity index (χ3n) is 5.89. The Kier molecular flexibility index (Phi) is 8.32. The summed E-state index contributed by atoms with van der Waals surface area (Å²) in [6.07, 6.45) is 2.75. The summed E-state index contributed by atoms with van der Waals surface area (Å²) in [4.78, 5) is 49.9. The number of benzene rings is 2. The van der Waals surface area contributed by atoms with E-state index in [0.29, 0.717) is 44.0 Å². The number of piperazine rings is 1. The molecular weight excluding hydrogens is 482 g/mol. The minimum absolute atomic E-state index is 0.0890. The molecule has 0 aliphatic carbocycles. The highest BCUT2D eigenvalue weighted by atomic mass is 16.2. The van der Waals surface area contributed by atoms with Crippen molar-refractivity contribution < 1.29 is 14.4 Å². The monoisotopic (exact) mass is 515 g/mol. The maximum atomic E-state index is 12.9. The van der Waals surface area contributed by atoms with Crippen LogP contribution in [-0.2, 0) is 6.54 Å². The van der Waals surface area contributed by atoms with Gasteiger partial charge >= 0.3 is 6.03 Å². The van der Waals surface area contributed by atoms with Gasteiger partial charge in [0.25, 0.3) is 11.8 Å². The van der Waals surface area contributed by atoms with Gasteiger partial charge in [0.1, 0.15) is 5.69 Å². The quantitative estimate of drug-likeness (QED) is 0.461. The maximum Gasteiger partial charge on any atom is 0.324 e. The predicted octanol–water partition coefficient (Wildman–Crippen LogP) is 3.61. The topological polar surface area (TPSA) is 120 Å². The van der Waals surface area contributed by atoms with E-state index < -0.39 is 6.03 Å². The molecule has 3 aromatic rings. The van der Waals surface area contributed by atoms with Crippen molar-refractivity contribution in [3.63, 3.8) is 0 Å². The molecule has 0 spiro atoms. The van der Waals surface area contributed by atoms with Gasteiger partial charge in [-0.2, -0.15) is 0 Å². The fourth-order valence-electron chi connectivity index (χ4n) is 4.06. The lowest BCUT2D eigenvalue weighted by Gasteiger charge is -2.34. The average molecular weight is 516 g/mol. The molecule has 0 saturated carbocycles. The van der Waals surface area contributed by atoms with Crippen molar-refractivity contribution >= 4 is 29.4 Å². The lowest BCUT2D eigenvalue weighted by molar-refractivity contribution is 0.0622. The van der Waals surface area contributed by atoms with Crippen molar-refractivity contribution in [1.29, 1.82) is 0 Å². The highest BCUT2D eigenvalue weighted by molar-refractivity contribution is 5.99. The molecule has 1 aliphatic heterocycles. The van der Waals surface area contributed by atoms with E-state index in [4.69, 9.17) is 0 Å². The molecule has 4 rings (SSSR count). The summed E-state index contributed by atoms with van der Waals surface area (Å²) >= 11 is 0. The standard InChI is InChI=1S/C28H33N7O3/c1-28(2,3)33-25(36)21-9-7-8-20(16-21)19-34-12-14-35(15-13-34)26(37)23-17-30-24(18-29-23)32-27(38)31-22-10-5-4-6-11-22/h4-11,16-18H,12-15,19H2,1-3H3,(H,33,36)(H2,30,31,32,38). The van der Waals surface area contributed by atoms with Crippen LogP contribution in [0, 0.1) is 0 Å².